The lowest BCUT2D eigenvalue weighted by molar-refractivity contribution is 0.659. The van der Waals surface area contributed by atoms with Gasteiger partial charge in [-0.2, -0.15) is 0 Å². The fraction of sp³-hybridized carbons (Fsp3) is 0.125. The van der Waals surface area contributed by atoms with Gasteiger partial charge in [0, 0.05) is 16.2 Å². The number of furan rings is 1. The highest BCUT2D eigenvalue weighted by Crippen LogP contribution is 2.49. The van der Waals surface area contributed by atoms with Crippen LogP contribution in [0.2, 0.25) is 0 Å². The summed E-state index contributed by atoms with van der Waals surface area (Å²) >= 11 is 0. The van der Waals surface area contributed by atoms with Crippen LogP contribution in [0.5, 0.6) is 0 Å². The molecule has 0 atom stereocenters. The van der Waals surface area contributed by atoms with Crippen LogP contribution in [0.1, 0.15) is 36.1 Å². The summed E-state index contributed by atoms with van der Waals surface area (Å²) in [4.78, 5) is 0. The number of para-hydroxylation sites is 1. The van der Waals surface area contributed by atoms with E-state index in [2.05, 4.69) is 105 Å². The first kappa shape index (κ1) is 18.7. The molecule has 1 heterocycles. The Bertz CT molecular complexity index is 1710. The monoisotopic (exact) mass is 424 g/mol. The van der Waals surface area contributed by atoms with Gasteiger partial charge in [-0.15, -0.1) is 0 Å². The van der Waals surface area contributed by atoms with E-state index in [1.165, 1.54) is 54.9 Å². The normalized spacial score (nSPS) is 14.1. The molecule has 6 aromatic rings. The number of hydrogen-bond donors (Lipinski definition) is 0. The van der Waals surface area contributed by atoms with Crippen molar-refractivity contribution in [2.24, 2.45) is 0 Å². The Morgan fingerprint density at radius 1 is 0.606 bits per heavy atom. The van der Waals surface area contributed by atoms with Crippen LogP contribution in [-0.2, 0) is 11.8 Å². The molecule has 0 unspecified atom stereocenters. The van der Waals surface area contributed by atoms with Gasteiger partial charge in [0.15, 0.2) is 0 Å². The molecule has 33 heavy (non-hydrogen) atoms. The average molecular weight is 425 g/mol. The van der Waals surface area contributed by atoms with Crippen molar-refractivity contribution in [3.63, 3.8) is 0 Å². The predicted octanol–water partition coefficient (Wildman–Crippen LogP) is 8.64. The van der Waals surface area contributed by atoms with Gasteiger partial charge in [0.2, 0.25) is 0 Å². The highest BCUT2D eigenvalue weighted by molar-refractivity contribution is 6.19. The van der Waals surface area contributed by atoms with Crippen LogP contribution in [0, 0.1) is 0 Å². The number of benzene rings is 5. The molecule has 7 rings (SSSR count). The molecule has 0 radical (unpaired) electrons. The van der Waals surface area contributed by atoms with E-state index in [0.717, 1.165) is 17.6 Å². The van der Waals surface area contributed by atoms with Crippen LogP contribution in [0.25, 0.3) is 43.8 Å². The van der Waals surface area contributed by atoms with Gasteiger partial charge >= 0.3 is 0 Å². The lowest BCUT2D eigenvalue weighted by atomic mass is 9.81. The Labute approximate surface area is 193 Å². The maximum Gasteiger partial charge on any atom is 0.136 e. The van der Waals surface area contributed by atoms with Crippen molar-refractivity contribution in [3.8, 4) is 11.1 Å². The average Bonchev–Trinajstić information content (AvgIpc) is 3.32. The fourth-order valence-electron chi connectivity index (χ4n) is 5.89. The second kappa shape index (κ2) is 6.59. The summed E-state index contributed by atoms with van der Waals surface area (Å²) in [6.07, 6.45) is 0.882. The van der Waals surface area contributed by atoms with E-state index in [1.807, 2.05) is 6.07 Å². The van der Waals surface area contributed by atoms with Gasteiger partial charge in [-0.3, -0.25) is 0 Å². The van der Waals surface area contributed by atoms with Crippen LogP contribution in [-0.4, -0.2) is 0 Å². The first-order valence-electron chi connectivity index (χ1n) is 11.7. The molecule has 0 saturated carbocycles. The molecule has 158 valence electrons. The maximum absolute atomic E-state index is 6.29. The zero-order valence-electron chi connectivity index (χ0n) is 18.9. The van der Waals surface area contributed by atoms with Crippen molar-refractivity contribution < 1.29 is 4.42 Å². The van der Waals surface area contributed by atoms with Gasteiger partial charge < -0.3 is 4.42 Å². The highest BCUT2D eigenvalue weighted by atomic mass is 16.3. The smallest absolute Gasteiger partial charge is 0.136 e. The Balaban J connectivity index is 1.40. The molecule has 0 spiro atoms. The van der Waals surface area contributed by atoms with Crippen molar-refractivity contribution in [2.45, 2.75) is 25.7 Å². The standard InChI is InChI=1S/C32H24O/c1-32(2)27-13-7-5-10-23(27)24-16-15-20(18-28(24)32)17-21-19-30-31(25-11-4-3-9-22(21)25)26-12-6-8-14-29(26)33-30/h3-16,18-19H,17H2,1-2H3. The van der Waals surface area contributed by atoms with E-state index in [4.69, 9.17) is 4.42 Å². The summed E-state index contributed by atoms with van der Waals surface area (Å²) in [5.74, 6) is 0. The van der Waals surface area contributed by atoms with Gasteiger partial charge in [-0.1, -0.05) is 98.8 Å². The van der Waals surface area contributed by atoms with E-state index >= 15 is 0 Å². The molecule has 1 nitrogen and oxygen atoms in total. The van der Waals surface area contributed by atoms with E-state index in [9.17, 15) is 0 Å². The topological polar surface area (TPSA) is 13.1 Å². The third kappa shape index (κ3) is 2.60. The summed E-state index contributed by atoms with van der Waals surface area (Å²) in [6, 6.07) is 35.2. The summed E-state index contributed by atoms with van der Waals surface area (Å²) in [6.45, 7) is 4.69. The van der Waals surface area contributed by atoms with Crippen molar-refractivity contribution in [1.29, 1.82) is 0 Å². The Kier molecular flexibility index (Phi) is 3.73. The number of hydrogen-bond acceptors (Lipinski definition) is 1. The van der Waals surface area contributed by atoms with Crippen LogP contribution >= 0.6 is 0 Å². The zero-order valence-corrected chi connectivity index (χ0v) is 18.9. The first-order chi connectivity index (χ1) is 16.1. The zero-order chi connectivity index (χ0) is 22.2. The molecular weight excluding hydrogens is 400 g/mol. The van der Waals surface area contributed by atoms with Crippen LogP contribution < -0.4 is 0 Å². The summed E-state index contributed by atoms with van der Waals surface area (Å²) in [5.41, 5.74) is 10.2. The minimum atomic E-state index is 0.0205. The molecule has 0 saturated heterocycles. The Morgan fingerprint density at radius 2 is 1.30 bits per heavy atom. The van der Waals surface area contributed by atoms with Gasteiger partial charge in [0.1, 0.15) is 11.2 Å². The van der Waals surface area contributed by atoms with Gasteiger partial charge in [-0.05, 0) is 62.7 Å². The molecule has 1 aliphatic rings. The predicted molar refractivity (Wildman–Crippen MR) is 138 cm³/mol. The second-order valence-electron chi connectivity index (χ2n) is 9.78. The fourth-order valence-corrected chi connectivity index (χ4v) is 5.89. The van der Waals surface area contributed by atoms with Crippen molar-refractivity contribution in [1.82, 2.24) is 0 Å². The lowest BCUT2D eigenvalue weighted by Crippen LogP contribution is -2.15. The molecule has 0 amide bonds. The summed E-state index contributed by atoms with van der Waals surface area (Å²) in [5, 5.41) is 4.98. The summed E-state index contributed by atoms with van der Waals surface area (Å²) < 4.78 is 6.29. The van der Waals surface area contributed by atoms with Crippen molar-refractivity contribution >= 4 is 32.7 Å². The second-order valence-corrected chi connectivity index (χ2v) is 9.78. The number of rotatable bonds is 2. The Morgan fingerprint density at radius 3 is 2.18 bits per heavy atom. The largest absolute Gasteiger partial charge is 0.456 e. The van der Waals surface area contributed by atoms with Gasteiger partial charge in [0.25, 0.3) is 0 Å². The van der Waals surface area contributed by atoms with Crippen LogP contribution in [0.4, 0.5) is 0 Å². The quantitative estimate of drug-likeness (QED) is 0.271. The van der Waals surface area contributed by atoms with Crippen molar-refractivity contribution in [3.05, 3.63) is 119 Å². The number of fused-ring (bicyclic) bond motifs is 8. The van der Waals surface area contributed by atoms with E-state index in [1.54, 1.807) is 0 Å². The van der Waals surface area contributed by atoms with Crippen LogP contribution in [0.15, 0.2) is 101 Å². The SMILES string of the molecule is CC1(C)c2ccccc2-c2ccc(Cc3cc4oc5ccccc5c4c4ccccc34)cc21. The molecule has 0 fully saturated rings. The maximum atomic E-state index is 6.29. The van der Waals surface area contributed by atoms with Gasteiger partial charge in [-0.25, -0.2) is 0 Å². The highest BCUT2D eigenvalue weighted by Gasteiger charge is 2.35. The molecule has 1 heteroatoms. The van der Waals surface area contributed by atoms with E-state index < -0.39 is 0 Å². The lowest BCUT2D eigenvalue weighted by Gasteiger charge is -2.22. The minimum Gasteiger partial charge on any atom is -0.456 e. The van der Waals surface area contributed by atoms with Gasteiger partial charge in [0.05, 0.1) is 0 Å². The molecular formula is C32H24O. The molecule has 1 aliphatic carbocycles. The van der Waals surface area contributed by atoms with Crippen LogP contribution in [0.3, 0.4) is 0 Å². The van der Waals surface area contributed by atoms with E-state index in [-0.39, 0.29) is 5.41 Å². The molecule has 5 aromatic carbocycles. The van der Waals surface area contributed by atoms with E-state index in [0.29, 0.717) is 0 Å². The molecule has 0 aliphatic heterocycles. The Hall–Kier alpha value is -3.84. The van der Waals surface area contributed by atoms with Crippen molar-refractivity contribution in [2.75, 3.05) is 0 Å². The third-order valence-electron chi connectivity index (χ3n) is 7.51. The first-order valence-corrected chi connectivity index (χ1v) is 11.7. The minimum absolute atomic E-state index is 0.0205. The third-order valence-corrected chi connectivity index (χ3v) is 7.51. The summed E-state index contributed by atoms with van der Waals surface area (Å²) in [7, 11) is 0. The molecule has 1 aromatic heterocycles. The molecule has 0 N–H and O–H groups in total. The molecule has 0 bridgehead atoms.